The molecule has 1 aromatic heterocycles. The maximum Gasteiger partial charge on any atom is 0.251 e. The van der Waals surface area contributed by atoms with E-state index in [0.717, 1.165) is 16.9 Å². The summed E-state index contributed by atoms with van der Waals surface area (Å²) in [5.74, 6) is 0.0802. The predicted molar refractivity (Wildman–Crippen MR) is 109 cm³/mol. The molecule has 0 aliphatic heterocycles. The number of nitrogens with zero attached hydrogens (tertiary/aromatic N) is 2. The quantitative estimate of drug-likeness (QED) is 0.667. The summed E-state index contributed by atoms with van der Waals surface area (Å²) in [5, 5.41) is 14.5. The summed E-state index contributed by atoms with van der Waals surface area (Å²) in [6, 6.07) is 13.8. The van der Waals surface area contributed by atoms with E-state index in [1.165, 1.54) is 11.3 Å². The van der Waals surface area contributed by atoms with Crippen molar-refractivity contribution in [3.05, 3.63) is 59.7 Å². The molecule has 3 aromatic rings. The van der Waals surface area contributed by atoms with Crippen molar-refractivity contribution in [2.45, 2.75) is 19.9 Å². The summed E-state index contributed by atoms with van der Waals surface area (Å²) < 4.78 is 5.13. The van der Waals surface area contributed by atoms with E-state index in [-0.39, 0.29) is 11.8 Å². The topological polar surface area (TPSA) is 93.2 Å². The van der Waals surface area contributed by atoms with E-state index in [4.69, 9.17) is 4.74 Å². The standard InChI is InChI=1S/C20H20N4O3S/c1-12-4-6-14(7-5-12)18(26)21-13(2)17(25)22-20-24-23-19(28-20)15-8-10-16(27-3)11-9-15/h4-11,13H,1-3H3,(H,21,26)(H,22,24,25)/t13-/m0/s1. The lowest BCUT2D eigenvalue weighted by molar-refractivity contribution is -0.117. The summed E-state index contributed by atoms with van der Waals surface area (Å²) in [6.07, 6.45) is 0. The lowest BCUT2D eigenvalue weighted by Crippen LogP contribution is -2.41. The van der Waals surface area contributed by atoms with Gasteiger partial charge >= 0.3 is 0 Å². The van der Waals surface area contributed by atoms with Crippen LogP contribution in [0.2, 0.25) is 0 Å². The average Bonchev–Trinajstić information content (AvgIpc) is 3.17. The van der Waals surface area contributed by atoms with Crippen molar-refractivity contribution in [2.24, 2.45) is 0 Å². The van der Waals surface area contributed by atoms with Gasteiger partial charge in [-0.3, -0.25) is 14.9 Å². The van der Waals surface area contributed by atoms with Crippen molar-refractivity contribution in [3.63, 3.8) is 0 Å². The van der Waals surface area contributed by atoms with Crippen molar-refractivity contribution in [1.29, 1.82) is 0 Å². The largest absolute Gasteiger partial charge is 0.497 e. The number of benzene rings is 2. The number of rotatable bonds is 6. The number of aromatic nitrogens is 2. The number of carbonyl (C=O) groups excluding carboxylic acids is 2. The molecule has 0 unspecified atom stereocenters. The number of ether oxygens (including phenoxy) is 1. The molecule has 0 aliphatic rings. The maximum absolute atomic E-state index is 12.4. The minimum atomic E-state index is -0.720. The Hall–Kier alpha value is -3.26. The molecule has 0 saturated carbocycles. The second kappa shape index (κ2) is 8.62. The fourth-order valence-electron chi connectivity index (χ4n) is 2.39. The summed E-state index contributed by atoms with van der Waals surface area (Å²) in [6.45, 7) is 3.56. The zero-order valence-electron chi connectivity index (χ0n) is 15.7. The number of amides is 2. The molecule has 0 aliphatic carbocycles. The molecule has 3 rings (SSSR count). The molecule has 7 nitrogen and oxygen atoms in total. The Morgan fingerprint density at radius 1 is 1.04 bits per heavy atom. The van der Waals surface area contributed by atoms with Gasteiger partial charge in [-0.1, -0.05) is 29.0 Å². The molecule has 1 heterocycles. The molecule has 2 aromatic carbocycles. The number of hydrogen-bond acceptors (Lipinski definition) is 6. The van der Waals surface area contributed by atoms with Crippen LogP contribution >= 0.6 is 11.3 Å². The zero-order valence-corrected chi connectivity index (χ0v) is 16.5. The van der Waals surface area contributed by atoms with E-state index in [0.29, 0.717) is 15.7 Å². The fourth-order valence-corrected chi connectivity index (χ4v) is 3.14. The predicted octanol–water partition coefficient (Wildman–Crippen LogP) is 3.28. The van der Waals surface area contributed by atoms with E-state index in [2.05, 4.69) is 20.8 Å². The van der Waals surface area contributed by atoms with Crippen molar-refractivity contribution in [3.8, 4) is 16.3 Å². The minimum Gasteiger partial charge on any atom is -0.497 e. The summed E-state index contributed by atoms with van der Waals surface area (Å²) in [5.41, 5.74) is 2.44. The van der Waals surface area contributed by atoms with Crippen LogP contribution in [0.1, 0.15) is 22.8 Å². The van der Waals surface area contributed by atoms with Crippen LogP contribution in [0.5, 0.6) is 5.75 Å². The van der Waals surface area contributed by atoms with Crippen LogP contribution in [0.25, 0.3) is 10.6 Å². The first kappa shape index (κ1) is 19.5. The smallest absolute Gasteiger partial charge is 0.251 e. The summed E-state index contributed by atoms with van der Waals surface area (Å²) >= 11 is 1.25. The molecule has 144 valence electrons. The van der Waals surface area contributed by atoms with Gasteiger partial charge in [0, 0.05) is 11.1 Å². The monoisotopic (exact) mass is 396 g/mol. The Morgan fingerprint density at radius 3 is 2.36 bits per heavy atom. The van der Waals surface area contributed by atoms with Gasteiger partial charge in [0.05, 0.1) is 7.11 Å². The van der Waals surface area contributed by atoms with Crippen LogP contribution in [0.4, 0.5) is 5.13 Å². The van der Waals surface area contributed by atoms with Crippen LogP contribution < -0.4 is 15.4 Å². The lowest BCUT2D eigenvalue weighted by atomic mass is 10.1. The zero-order chi connectivity index (χ0) is 20.1. The van der Waals surface area contributed by atoms with Gasteiger partial charge in [0.2, 0.25) is 11.0 Å². The van der Waals surface area contributed by atoms with Gasteiger partial charge in [-0.15, -0.1) is 10.2 Å². The highest BCUT2D eigenvalue weighted by Gasteiger charge is 2.18. The van der Waals surface area contributed by atoms with Gasteiger partial charge in [-0.2, -0.15) is 0 Å². The molecule has 0 spiro atoms. The van der Waals surface area contributed by atoms with Gasteiger partial charge in [0.15, 0.2) is 0 Å². The normalized spacial score (nSPS) is 11.5. The Balaban J connectivity index is 1.60. The van der Waals surface area contributed by atoms with Crippen molar-refractivity contribution >= 4 is 28.3 Å². The first-order valence-corrected chi connectivity index (χ1v) is 9.44. The summed E-state index contributed by atoms with van der Waals surface area (Å²) in [7, 11) is 1.60. The third-order valence-electron chi connectivity index (χ3n) is 4.05. The highest BCUT2D eigenvalue weighted by molar-refractivity contribution is 7.18. The third-order valence-corrected chi connectivity index (χ3v) is 4.93. The van der Waals surface area contributed by atoms with Crippen molar-refractivity contribution in [2.75, 3.05) is 12.4 Å². The SMILES string of the molecule is COc1ccc(-c2nnc(NC(=O)[C@H](C)NC(=O)c3ccc(C)cc3)s2)cc1. The number of anilines is 1. The highest BCUT2D eigenvalue weighted by atomic mass is 32.1. The number of carbonyl (C=O) groups is 2. The molecular weight excluding hydrogens is 376 g/mol. The van der Waals surface area contributed by atoms with Gasteiger partial charge < -0.3 is 10.1 Å². The summed E-state index contributed by atoms with van der Waals surface area (Å²) in [4.78, 5) is 24.6. The van der Waals surface area contributed by atoms with Crippen LogP contribution in [0, 0.1) is 6.92 Å². The Bertz CT molecular complexity index is 968. The van der Waals surface area contributed by atoms with E-state index >= 15 is 0 Å². The number of aryl methyl sites for hydroxylation is 1. The van der Waals surface area contributed by atoms with E-state index in [9.17, 15) is 9.59 Å². The van der Waals surface area contributed by atoms with Gasteiger partial charge in [0.25, 0.3) is 5.91 Å². The van der Waals surface area contributed by atoms with E-state index in [1.807, 2.05) is 43.3 Å². The molecule has 8 heteroatoms. The molecule has 2 N–H and O–H groups in total. The maximum atomic E-state index is 12.4. The molecule has 0 bridgehead atoms. The van der Waals surface area contributed by atoms with Gasteiger partial charge in [-0.25, -0.2) is 0 Å². The molecule has 0 radical (unpaired) electrons. The number of methoxy groups -OCH3 is 1. The van der Waals surface area contributed by atoms with E-state index in [1.54, 1.807) is 26.2 Å². The van der Waals surface area contributed by atoms with E-state index < -0.39 is 6.04 Å². The first-order chi connectivity index (χ1) is 13.5. The van der Waals surface area contributed by atoms with Gasteiger partial charge in [-0.05, 0) is 50.2 Å². The molecule has 28 heavy (non-hydrogen) atoms. The number of nitrogens with one attached hydrogen (secondary N) is 2. The van der Waals surface area contributed by atoms with Crippen LogP contribution in [-0.2, 0) is 4.79 Å². The van der Waals surface area contributed by atoms with Crippen LogP contribution in [-0.4, -0.2) is 35.2 Å². The molecule has 0 fully saturated rings. The molecule has 0 saturated heterocycles. The van der Waals surface area contributed by atoms with Crippen LogP contribution in [0.3, 0.4) is 0 Å². The Kier molecular flexibility index (Phi) is 6.00. The second-order valence-corrected chi connectivity index (χ2v) is 7.17. The third kappa shape index (κ3) is 4.72. The molecule has 1 atom stereocenters. The fraction of sp³-hybridized carbons (Fsp3) is 0.200. The first-order valence-electron chi connectivity index (χ1n) is 8.62. The Labute approximate surface area is 166 Å². The van der Waals surface area contributed by atoms with Crippen molar-refractivity contribution in [1.82, 2.24) is 15.5 Å². The number of hydrogen-bond donors (Lipinski definition) is 2. The molecule has 2 amide bonds. The molecular formula is C20H20N4O3S. The average molecular weight is 396 g/mol. The van der Waals surface area contributed by atoms with Crippen LogP contribution in [0.15, 0.2) is 48.5 Å². The minimum absolute atomic E-state index is 0.307. The Morgan fingerprint density at radius 2 is 1.71 bits per heavy atom. The lowest BCUT2D eigenvalue weighted by Gasteiger charge is -2.12. The van der Waals surface area contributed by atoms with Crippen molar-refractivity contribution < 1.29 is 14.3 Å². The second-order valence-electron chi connectivity index (χ2n) is 6.19. The van der Waals surface area contributed by atoms with Gasteiger partial charge in [0.1, 0.15) is 16.8 Å². The highest BCUT2D eigenvalue weighted by Crippen LogP contribution is 2.27.